The zero-order valence-electron chi connectivity index (χ0n) is 11.0. The predicted octanol–water partition coefficient (Wildman–Crippen LogP) is 3.37. The van der Waals surface area contributed by atoms with E-state index in [0.717, 1.165) is 21.9 Å². The Balaban J connectivity index is 3.06. The van der Waals surface area contributed by atoms with Crippen LogP contribution in [0.1, 0.15) is 28.4 Å². The Morgan fingerprint density at radius 1 is 1.28 bits per heavy atom. The Kier molecular flexibility index (Phi) is 2.99. The number of carbonyl (C=O) groups is 1. The highest BCUT2D eigenvalue weighted by Crippen LogP contribution is 2.41. The van der Waals surface area contributed by atoms with Crippen LogP contribution in [0, 0.1) is 13.8 Å². The fraction of sp³-hybridized carbons (Fsp3) is 0.267. The van der Waals surface area contributed by atoms with Crippen molar-refractivity contribution >= 4 is 16.6 Å². The number of ketones is 1. The van der Waals surface area contributed by atoms with E-state index in [1.165, 1.54) is 14.0 Å². The van der Waals surface area contributed by atoms with E-state index in [2.05, 4.69) is 0 Å². The number of Topliss-reactive ketones (excluding diaryl/α,β-unsaturated/α-hetero) is 1. The highest BCUT2D eigenvalue weighted by molar-refractivity contribution is 6.07. The van der Waals surface area contributed by atoms with Crippen LogP contribution in [0.15, 0.2) is 18.2 Å². The lowest BCUT2D eigenvalue weighted by Gasteiger charge is -2.16. The number of methoxy groups -OCH3 is 1. The van der Waals surface area contributed by atoms with Crippen molar-refractivity contribution in [3.05, 3.63) is 34.9 Å². The maximum absolute atomic E-state index is 11.7. The lowest BCUT2D eigenvalue weighted by Crippen LogP contribution is -2.01. The number of phenols is 1. The van der Waals surface area contributed by atoms with Gasteiger partial charge in [0.1, 0.15) is 0 Å². The van der Waals surface area contributed by atoms with E-state index in [9.17, 15) is 9.90 Å². The summed E-state index contributed by atoms with van der Waals surface area (Å²) in [7, 11) is 1.50. The molecule has 1 N–H and O–H groups in total. The molecule has 2 aromatic rings. The largest absolute Gasteiger partial charge is 0.504 e. The van der Waals surface area contributed by atoms with Gasteiger partial charge in [-0.15, -0.1) is 0 Å². The number of aryl methyl sites for hydroxylation is 2. The van der Waals surface area contributed by atoms with Crippen LogP contribution in [-0.4, -0.2) is 18.0 Å². The van der Waals surface area contributed by atoms with Crippen LogP contribution < -0.4 is 4.74 Å². The molecule has 2 rings (SSSR count). The van der Waals surface area contributed by atoms with Gasteiger partial charge in [-0.2, -0.15) is 0 Å². The third-order valence-corrected chi connectivity index (χ3v) is 3.28. The Bertz CT molecular complexity index is 642. The molecule has 0 spiro atoms. The number of phenolic OH excluding ortho intramolecular Hbond substituents is 1. The summed E-state index contributed by atoms with van der Waals surface area (Å²) in [5.41, 5.74) is 2.20. The number of hydrogen-bond acceptors (Lipinski definition) is 3. The molecule has 0 fully saturated rings. The summed E-state index contributed by atoms with van der Waals surface area (Å²) in [6.45, 7) is 5.28. The molecule has 0 aliphatic heterocycles. The number of fused-ring (bicyclic) bond motifs is 1. The molecule has 0 aliphatic rings. The topological polar surface area (TPSA) is 46.5 Å². The van der Waals surface area contributed by atoms with E-state index < -0.39 is 0 Å². The third kappa shape index (κ3) is 1.63. The van der Waals surface area contributed by atoms with Gasteiger partial charge < -0.3 is 9.84 Å². The zero-order chi connectivity index (χ0) is 13.4. The minimum absolute atomic E-state index is 0.0689. The number of hydrogen-bond donors (Lipinski definition) is 1. The Morgan fingerprint density at radius 3 is 2.50 bits per heavy atom. The van der Waals surface area contributed by atoms with E-state index >= 15 is 0 Å². The van der Waals surface area contributed by atoms with Crippen LogP contribution in [0.4, 0.5) is 0 Å². The second-order valence-electron chi connectivity index (χ2n) is 4.44. The molecule has 0 radical (unpaired) electrons. The van der Waals surface area contributed by atoms with Crippen molar-refractivity contribution in [1.29, 1.82) is 0 Å². The minimum Gasteiger partial charge on any atom is -0.504 e. The van der Waals surface area contributed by atoms with Crippen molar-refractivity contribution in [3.63, 3.8) is 0 Å². The summed E-state index contributed by atoms with van der Waals surface area (Å²) in [6.07, 6.45) is 0. The number of aromatic hydroxyl groups is 1. The molecule has 0 saturated heterocycles. The van der Waals surface area contributed by atoms with Gasteiger partial charge >= 0.3 is 0 Å². The van der Waals surface area contributed by atoms with Crippen LogP contribution in [0.2, 0.25) is 0 Å². The summed E-state index contributed by atoms with van der Waals surface area (Å²) in [5, 5.41) is 12.0. The first-order chi connectivity index (χ1) is 8.49. The van der Waals surface area contributed by atoms with E-state index in [0.29, 0.717) is 11.3 Å². The van der Waals surface area contributed by atoms with Gasteiger partial charge in [-0.1, -0.05) is 18.2 Å². The molecule has 0 bridgehead atoms. The lowest BCUT2D eigenvalue weighted by atomic mass is 9.93. The van der Waals surface area contributed by atoms with Crippen LogP contribution in [0.5, 0.6) is 11.5 Å². The maximum Gasteiger partial charge on any atom is 0.169 e. The SMILES string of the molecule is COc1c(O)c(C(C)=O)c(C)c2c(C)cccc12. The molecular formula is C15H16O3. The van der Waals surface area contributed by atoms with Crippen LogP contribution >= 0.6 is 0 Å². The van der Waals surface area contributed by atoms with Gasteiger partial charge in [0.05, 0.1) is 12.7 Å². The standard InChI is InChI=1S/C15H16O3/c1-8-6-5-7-11-12(8)9(2)13(10(3)16)14(17)15(11)18-4/h5-7,17H,1-4H3. The van der Waals surface area contributed by atoms with E-state index in [1.54, 1.807) is 0 Å². The molecule has 94 valence electrons. The van der Waals surface area contributed by atoms with Crippen LogP contribution in [-0.2, 0) is 0 Å². The average Bonchev–Trinajstić information content (AvgIpc) is 2.28. The molecule has 18 heavy (non-hydrogen) atoms. The second kappa shape index (κ2) is 4.33. The predicted molar refractivity (Wildman–Crippen MR) is 71.6 cm³/mol. The Hall–Kier alpha value is -2.03. The van der Waals surface area contributed by atoms with Crippen molar-refractivity contribution < 1.29 is 14.6 Å². The fourth-order valence-corrected chi connectivity index (χ4v) is 2.54. The number of benzene rings is 2. The molecule has 0 amide bonds. The first-order valence-corrected chi connectivity index (χ1v) is 5.78. The van der Waals surface area contributed by atoms with Crippen LogP contribution in [0.25, 0.3) is 10.8 Å². The summed E-state index contributed by atoms with van der Waals surface area (Å²) < 4.78 is 5.26. The molecular weight excluding hydrogens is 228 g/mol. The number of carbonyl (C=O) groups excluding carboxylic acids is 1. The van der Waals surface area contributed by atoms with Gasteiger partial charge in [0, 0.05) is 5.39 Å². The molecule has 0 unspecified atom stereocenters. The molecule has 0 heterocycles. The van der Waals surface area contributed by atoms with Crippen molar-refractivity contribution in [2.24, 2.45) is 0 Å². The van der Waals surface area contributed by atoms with Crippen molar-refractivity contribution in [2.75, 3.05) is 7.11 Å². The lowest BCUT2D eigenvalue weighted by molar-refractivity contribution is 0.101. The Morgan fingerprint density at radius 2 is 1.94 bits per heavy atom. The summed E-state index contributed by atoms with van der Waals surface area (Å²) >= 11 is 0. The molecule has 0 saturated carbocycles. The molecule has 0 atom stereocenters. The van der Waals surface area contributed by atoms with Crippen LogP contribution in [0.3, 0.4) is 0 Å². The normalized spacial score (nSPS) is 10.7. The summed E-state index contributed by atoms with van der Waals surface area (Å²) in [6, 6.07) is 5.78. The monoisotopic (exact) mass is 244 g/mol. The summed E-state index contributed by atoms with van der Waals surface area (Å²) in [5.74, 6) is 0.138. The maximum atomic E-state index is 11.7. The first-order valence-electron chi connectivity index (χ1n) is 5.78. The van der Waals surface area contributed by atoms with E-state index in [-0.39, 0.29) is 11.5 Å². The quantitative estimate of drug-likeness (QED) is 0.824. The smallest absolute Gasteiger partial charge is 0.169 e. The van der Waals surface area contributed by atoms with Crippen molar-refractivity contribution in [3.8, 4) is 11.5 Å². The van der Waals surface area contributed by atoms with Crippen molar-refractivity contribution in [2.45, 2.75) is 20.8 Å². The van der Waals surface area contributed by atoms with Gasteiger partial charge in [0.2, 0.25) is 0 Å². The third-order valence-electron chi connectivity index (χ3n) is 3.28. The van der Waals surface area contributed by atoms with Gasteiger partial charge in [0.15, 0.2) is 17.3 Å². The van der Waals surface area contributed by atoms with Gasteiger partial charge in [-0.3, -0.25) is 4.79 Å². The summed E-state index contributed by atoms with van der Waals surface area (Å²) in [4.78, 5) is 11.7. The van der Waals surface area contributed by atoms with Gasteiger partial charge in [0.25, 0.3) is 0 Å². The van der Waals surface area contributed by atoms with Crippen molar-refractivity contribution in [1.82, 2.24) is 0 Å². The molecule has 3 nitrogen and oxygen atoms in total. The van der Waals surface area contributed by atoms with E-state index in [4.69, 9.17) is 4.74 Å². The molecule has 2 aromatic carbocycles. The second-order valence-corrected chi connectivity index (χ2v) is 4.44. The highest BCUT2D eigenvalue weighted by atomic mass is 16.5. The first kappa shape index (κ1) is 12.4. The van der Waals surface area contributed by atoms with Gasteiger partial charge in [-0.25, -0.2) is 0 Å². The van der Waals surface area contributed by atoms with E-state index in [1.807, 2.05) is 32.0 Å². The Labute approximate surface area is 106 Å². The molecule has 0 aromatic heterocycles. The molecule has 3 heteroatoms. The minimum atomic E-state index is -0.159. The number of rotatable bonds is 2. The number of ether oxygens (including phenoxy) is 1. The highest BCUT2D eigenvalue weighted by Gasteiger charge is 2.20. The average molecular weight is 244 g/mol. The fourth-order valence-electron chi connectivity index (χ4n) is 2.54. The molecule has 0 aliphatic carbocycles. The zero-order valence-corrected chi connectivity index (χ0v) is 11.0. The van der Waals surface area contributed by atoms with Gasteiger partial charge in [-0.05, 0) is 37.3 Å².